The Morgan fingerprint density at radius 2 is 2.14 bits per heavy atom. The van der Waals surface area contributed by atoms with Gasteiger partial charge in [-0.05, 0) is 18.2 Å². The monoisotopic (exact) mass is 388 g/mol. The second kappa shape index (κ2) is 5.68. The predicted octanol–water partition coefficient (Wildman–Crippen LogP) is 3.24. The molecule has 0 spiro atoms. The molecule has 4 heterocycles. The largest absolute Gasteiger partial charge is 0.497 e. The van der Waals surface area contributed by atoms with E-state index in [-0.39, 0.29) is 11.6 Å². The number of nitrogens with zero attached hydrogens (tertiary/aromatic N) is 5. The van der Waals surface area contributed by atoms with Crippen LogP contribution in [0, 0.1) is 0 Å². The van der Waals surface area contributed by atoms with E-state index in [0.717, 1.165) is 22.5 Å². The Hall–Kier alpha value is -3.63. The van der Waals surface area contributed by atoms with E-state index in [2.05, 4.69) is 25.3 Å². The summed E-state index contributed by atoms with van der Waals surface area (Å²) in [4.78, 5) is 7.71. The lowest BCUT2D eigenvalue weighted by atomic mass is 10.0. The lowest BCUT2D eigenvalue weighted by Crippen LogP contribution is -2.07. The maximum Gasteiger partial charge on any atom is 0.455 e. The highest BCUT2D eigenvalue weighted by atomic mass is 19.4. The number of aromatic nitrogens is 6. The maximum absolute atomic E-state index is 12.8. The van der Waals surface area contributed by atoms with Gasteiger partial charge in [0.2, 0.25) is 0 Å². The molecular formula is C17H11F3N6O2. The number of aromatic amines is 1. The molecule has 0 unspecified atom stereocenters. The number of hydrogen-bond donors (Lipinski definition) is 1. The van der Waals surface area contributed by atoms with Gasteiger partial charge in [-0.15, -0.1) is 0 Å². The first-order valence-corrected chi connectivity index (χ1v) is 8.14. The molecule has 28 heavy (non-hydrogen) atoms. The average Bonchev–Trinajstić information content (AvgIpc) is 3.39. The number of hydrogen-bond acceptors (Lipinski definition) is 6. The summed E-state index contributed by atoms with van der Waals surface area (Å²) >= 11 is 0. The van der Waals surface area contributed by atoms with Crippen molar-refractivity contribution in [1.29, 1.82) is 0 Å². The van der Waals surface area contributed by atoms with Crippen molar-refractivity contribution < 1.29 is 22.4 Å². The molecule has 0 amide bonds. The van der Waals surface area contributed by atoms with Gasteiger partial charge in [0.15, 0.2) is 5.69 Å². The summed E-state index contributed by atoms with van der Waals surface area (Å²) in [6.45, 7) is 0. The van der Waals surface area contributed by atoms with Gasteiger partial charge in [0.05, 0.1) is 30.4 Å². The molecule has 3 aromatic heterocycles. The third-order valence-electron chi connectivity index (χ3n) is 4.56. The lowest BCUT2D eigenvalue weighted by molar-refractivity contribution is -0.146. The molecule has 1 aliphatic rings. The zero-order valence-electron chi connectivity index (χ0n) is 14.3. The number of methoxy groups -OCH3 is 1. The molecule has 0 saturated carbocycles. The summed E-state index contributed by atoms with van der Waals surface area (Å²) in [6, 6.07) is 5.49. The molecule has 5 rings (SSSR count). The third kappa shape index (κ3) is 2.39. The zero-order valence-corrected chi connectivity index (χ0v) is 14.3. The van der Waals surface area contributed by atoms with E-state index in [1.54, 1.807) is 23.9 Å². The smallest absolute Gasteiger partial charge is 0.455 e. The third-order valence-corrected chi connectivity index (χ3v) is 4.56. The van der Waals surface area contributed by atoms with E-state index >= 15 is 0 Å². The Morgan fingerprint density at radius 3 is 2.89 bits per heavy atom. The number of H-pyrrole nitrogens is 1. The van der Waals surface area contributed by atoms with Gasteiger partial charge in [-0.3, -0.25) is 5.10 Å². The maximum atomic E-state index is 12.8. The number of alkyl halides is 3. The van der Waals surface area contributed by atoms with Crippen molar-refractivity contribution in [3.63, 3.8) is 0 Å². The Morgan fingerprint density at radius 1 is 1.29 bits per heavy atom. The first-order valence-electron chi connectivity index (χ1n) is 8.14. The molecule has 0 bridgehead atoms. The number of fused-ring (bicyclic) bond motifs is 5. The van der Waals surface area contributed by atoms with Crippen LogP contribution in [-0.4, -0.2) is 37.0 Å². The molecule has 0 aliphatic carbocycles. The fourth-order valence-corrected chi connectivity index (χ4v) is 3.27. The number of ether oxygens (including phenoxy) is 1. The number of imidazole rings is 1. The molecule has 1 N–H and O–H groups in total. The zero-order chi connectivity index (χ0) is 19.5. The van der Waals surface area contributed by atoms with Gasteiger partial charge in [0, 0.05) is 17.5 Å². The fourth-order valence-electron chi connectivity index (χ4n) is 3.27. The fraction of sp³-hybridized carbons (Fsp3) is 0.176. The van der Waals surface area contributed by atoms with Gasteiger partial charge in [-0.2, -0.15) is 23.3 Å². The molecule has 1 aliphatic heterocycles. The van der Waals surface area contributed by atoms with E-state index in [9.17, 15) is 13.2 Å². The van der Waals surface area contributed by atoms with Crippen LogP contribution in [0.4, 0.5) is 13.2 Å². The second-order valence-corrected chi connectivity index (χ2v) is 6.16. The highest BCUT2D eigenvalue weighted by Crippen LogP contribution is 2.38. The standard InChI is InChI=1S/C17H11F3N6O2/c1-27-9-2-3-11-10(5-9)13-8(6-22-24-13)4-12-14(21-7-26(11)12)15-23-16(25-28-15)17(18,19)20/h2-3,5-7H,4H2,1H3,(H,22,24). The molecule has 0 saturated heterocycles. The van der Waals surface area contributed by atoms with Crippen molar-refractivity contribution >= 4 is 0 Å². The number of rotatable bonds is 2. The minimum Gasteiger partial charge on any atom is -0.497 e. The topological polar surface area (TPSA) is 94.7 Å². The number of benzene rings is 1. The van der Waals surface area contributed by atoms with E-state index < -0.39 is 12.0 Å². The molecule has 0 radical (unpaired) electrons. The minimum atomic E-state index is -4.70. The second-order valence-electron chi connectivity index (χ2n) is 6.16. The van der Waals surface area contributed by atoms with Crippen molar-refractivity contribution in [3.05, 3.63) is 47.8 Å². The van der Waals surface area contributed by atoms with Crippen LogP contribution in [0.2, 0.25) is 0 Å². The Bertz CT molecular complexity index is 1190. The molecule has 11 heteroatoms. The molecule has 142 valence electrons. The summed E-state index contributed by atoms with van der Waals surface area (Å²) in [6.07, 6.45) is -1.14. The van der Waals surface area contributed by atoms with Crippen molar-refractivity contribution in [2.45, 2.75) is 12.6 Å². The van der Waals surface area contributed by atoms with Gasteiger partial charge in [-0.25, -0.2) is 4.98 Å². The number of nitrogens with one attached hydrogen (secondary N) is 1. The Kier molecular flexibility index (Phi) is 3.36. The van der Waals surface area contributed by atoms with Crippen LogP contribution in [-0.2, 0) is 12.6 Å². The summed E-state index contributed by atoms with van der Waals surface area (Å²) in [5.41, 5.74) is 4.06. The van der Waals surface area contributed by atoms with E-state index in [1.165, 1.54) is 6.33 Å². The van der Waals surface area contributed by atoms with Crippen LogP contribution in [0.3, 0.4) is 0 Å². The highest BCUT2D eigenvalue weighted by molar-refractivity contribution is 5.77. The number of halogens is 3. The SMILES string of the molecule is COc1ccc2c(c1)-c1[nH]ncc1Cc1c(-c3nc(C(F)(F)F)no3)ncn1-2. The van der Waals surface area contributed by atoms with Crippen molar-refractivity contribution in [1.82, 2.24) is 29.9 Å². The Balaban J connectivity index is 1.71. The molecular weight excluding hydrogens is 377 g/mol. The summed E-state index contributed by atoms with van der Waals surface area (Å²) in [7, 11) is 1.57. The molecule has 8 nitrogen and oxygen atoms in total. The van der Waals surface area contributed by atoms with E-state index in [0.29, 0.717) is 17.9 Å². The first kappa shape index (κ1) is 16.5. The average molecular weight is 388 g/mol. The van der Waals surface area contributed by atoms with E-state index in [4.69, 9.17) is 9.26 Å². The van der Waals surface area contributed by atoms with Gasteiger partial charge in [-0.1, -0.05) is 5.16 Å². The molecule has 1 aromatic carbocycles. The predicted molar refractivity (Wildman–Crippen MR) is 88.8 cm³/mol. The minimum absolute atomic E-state index is 0.193. The van der Waals surface area contributed by atoms with Gasteiger partial charge in [0.25, 0.3) is 11.7 Å². The summed E-state index contributed by atoms with van der Waals surface area (Å²) in [5.74, 6) is -0.968. The molecule has 4 aromatic rings. The summed E-state index contributed by atoms with van der Waals surface area (Å²) in [5, 5.41) is 10.1. The van der Waals surface area contributed by atoms with Crippen molar-refractivity contribution in [2.24, 2.45) is 0 Å². The van der Waals surface area contributed by atoms with Crippen LogP contribution < -0.4 is 4.74 Å². The van der Waals surface area contributed by atoms with Crippen LogP contribution in [0.1, 0.15) is 17.1 Å². The van der Waals surface area contributed by atoms with Gasteiger partial charge >= 0.3 is 6.18 Å². The van der Waals surface area contributed by atoms with Crippen LogP contribution in [0.25, 0.3) is 28.5 Å². The summed E-state index contributed by atoms with van der Waals surface area (Å²) < 4.78 is 50.4. The van der Waals surface area contributed by atoms with Crippen molar-refractivity contribution in [3.8, 4) is 34.3 Å². The van der Waals surface area contributed by atoms with Gasteiger partial charge < -0.3 is 13.8 Å². The lowest BCUT2D eigenvalue weighted by Gasteiger charge is -2.11. The van der Waals surface area contributed by atoms with Crippen LogP contribution >= 0.6 is 0 Å². The van der Waals surface area contributed by atoms with Crippen LogP contribution in [0.15, 0.2) is 35.2 Å². The normalized spacial score (nSPS) is 12.9. The molecule has 0 fully saturated rings. The Labute approximate surface area is 155 Å². The van der Waals surface area contributed by atoms with Crippen LogP contribution in [0.5, 0.6) is 5.75 Å². The molecule has 0 atom stereocenters. The highest BCUT2D eigenvalue weighted by Gasteiger charge is 2.38. The van der Waals surface area contributed by atoms with E-state index in [1.807, 2.05) is 12.1 Å². The quantitative estimate of drug-likeness (QED) is 0.499. The van der Waals surface area contributed by atoms with Crippen molar-refractivity contribution in [2.75, 3.05) is 7.11 Å². The first-order chi connectivity index (χ1) is 13.5. The van der Waals surface area contributed by atoms with Gasteiger partial charge in [0.1, 0.15) is 12.1 Å².